The van der Waals surface area contributed by atoms with Crippen molar-refractivity contribution in [3.63, 3.8) is 0 Å². The molecule has 7 heteroatoms. The van der Waals surface area contributed by atoms with Crippen molar-refractivity contribution < 1.29 is 14.1 Å². The largest absolute Gasteiger partial charge is 0.487 e. The molecule has 0 unspecified atom stereocenters. The van der Waals surface area contributed by atoms with E-state index in [2.05, 4.69) is 20.8 Å². The fraction of sp³-hybridized carbons (Fsp3) is 0.357. The van der Waals surface area contributed by atoms with Gasteiger partial charge in [-0.05, 0) is 32.9 Å². The van der Waals surface area contributed by atoms with Gasteiger partial charge in [-0.25, -0.2) is 4.79 Å². The molecule has 0 aliphatic heterocycles. The van der Waals surface area contributed by atoms with E-state index in [4.69, 9.17) is 9.26 Å². The molecule has 0 aromatic carbocycles. The molecule has 0 aliphatic rings. The fourth-order valence-corrected chi connectivity index (χ4v) is 1.75. The van der Waals surface area contributed by atoms with E-state index in [1.165, 1.54) is 0 Å². The number of amides is 2. The Morgan fingerprint density at radius 3 is 2.90 bits per heavy atom. The zero-order valence-corrected chi connectivity index (χ0v) is 12.2. The summed E-state index contributed by atoms with van der Waals surface area (Å²) in [6, 6.07) is 3.28. The van der Waals surface area contributed by atoms with Crippen molar-refractivity contribution in [1.82, 2.24) is 15.5 Å². The van der Waals surface area contributed by atoms with Gasteiger partial charge in [0.1, 0.15) is 23.2 Å². The van der Waals surface area contributed by atoms with Gasteiger partial charge in [-0.15, -0.1) is 0 Å². The molecule has 0 radical (unpaired) electrons. The highest BCUT2D eigenvalue weighted by Gasteiger charge is 2.13. The van der Waals surface area contributed by atoms with E-state index in [9.17, 15) is 4.79 Å². The average molecular weight is 290 g/mol. The van der Waals surface area contributed by atoms with Gasteiger partial charge in [-0.3, -0.25) is 4.98 Å². The number of carbonyl (C=O) groups is 1. The minimum atomic E-state index is -0.328. The van der Waals surface area contributed by atoms with Crippen LogP contribution in [-0.4, -0.2) is 28.8 Å². The van der Waals surface area contributed by atoms with E-state index in [1.807, 2.05) is 13.0 Å². The molecule has 2 rings (SSSR count). The molecular weight excluding hydrogens is 272 g/mol. The number of hydrogen-bond donors (Lipinski definition) is 2. The van der Waals surface area contributed by atoms with Crippen molar-refractivity contribution in [2.75, 3.05) is 11.9 Å². The minimum Gasteiger partial charge on any atom is -0.487 e. The fourth-order valence-electron chi connectivity index (χ4n) is 1.75. The summed E-state index contributed by atoms with van der Waals surface area (Å²) in [5, 5.41) is 9.21. The molecule has 0 bridgehead atoms. The summed E-state index contributed by atoms with van der Waals surface area (Å²) in [5.74, 6) is 1.24. The number of ether oxygens (including phenoxy) is 1. The van der Waals surface area contributed by atoms with Crippen LogP contribution in [0.25, 0.3) is 0 Å². The normalized spacial score (nSPS) is 11.8. The number of aromatic nitrogens is 2. The van der Waals surface area contributed by atoms with E-state index in [0.29, 0.717) is 29.4 Å². The van der Waals surface area contributed by atoms with E-state index in [0.717, 1.165) is 0 Å². The molecule has 0 spiro atoms. The maximum atomic E-state index is 11.8. The molecule has 2 aromatic heterocycles. The van der Waals surface area contributed by atoms with Gasteiger partial charge in [-0.1, -0.05) is 5.16 Å². The lowest BCUT2D eigenvalue weighted by atomic mass is 10.3. The van der Waals surface area contributed by atoms with Crippen molar-refractivity contribution in [3.8, 4) is 5.75 Å². The van der Waals surface area contributed by atoms with E-state index >= 15 is 0 Å². The quantitative estimate of drug-likeness (QED) is 0.881. The van der Waals surface area contributed by atoms with Gasteiger partial charge in [0, 0.05) is 6.20 Å². The van der Waals surface area contributed by atoms with Gasteiger partial charge in [0.2, 0.25) is 0 Å². The third-order valence-electron chi connectivity index (χ3n) is 2.79. The predicted octanol–water partition coefficient (Wildman–Crippen LogP) is 2.28. The van der Waals surface area contributed by atoms with Crippen molar-refractivity contribution in [2.24, 2.45) is 0 Å². The highest BCUT2D eigenvalue weighted by molar-refractivity contribution is 5.90. The van der Waals surface area contributed by atoms with Crippen molar-refractivity contribution >= 4 is 11.7 Å². The number of nitrogens with zero attached hydrogens (tertiary/aromatic N) is 2. The number of rotatable bonds is 5. The monoisotopic (exact) mass is 290 g/mol. The number of urea groups is 1. The highest BCUT2D eigenvalue weighted by Crippen LogP contribution is 2.18. The van der Waals surface area contributed by atoms with Crippen LogP contribution in [0.2, 0.25) is 0 Å². The summed E-state index contributed by atoms with van der Waals surface area (Å²) < 4.78 is 10.6. The average Bonchev–Trinajstić information content (AvgIpc) is 2.78. The van der Waals surface area contributed by atoms with Crippen molar-refractivity contribution in [2.45, 2.75) is 26.9 Å². The highest BCUT2D eigenvalue weighted by atomic mass is 16.5. The van der Waals surface area contributed by atoms with Gasteiger partial charge in [-0.2, -0.15) is 0 Å². The first-order valence-electron chi connectivity index (χ1n) is 6.60. The summed E-state index contributed by atoms with van der Waals surface area (Å²) in [6.45, 7) is 5.73. The molecule has 21 heavy (non-hydrogen) atoms. The first-order valence-corrected chi connectivity index (χ1v) is 6.60. The van der Waals surface area contributed by atoms with Gasteiger partial charge in [0.15, 0.2) is 5.76 Å². The van der Waals surface area contributed by atoms with Gasteiger partial charge >= 0.3 is 6.03 Å². The van der Waals surface area contributed by atoms with Crippen LogP contribution in [0.5, 0.6) is 5.75 Å². The summed E-state index contributed by atoms with van der Waals surface area (Å²) >= 11 is 0. The molecule has 0 saturated carbocycles. The minimum absolute atomic E-state index is 0.176. The number of pyridine rings is 1. The van der Waals surface area contributed by atoms with Crippen LogP contribution in [0.1, 0.15) is 18.4 Å². The summed E-state index contributed by atoms with van der Waals surface area (Å²) in [6.07, 6.45) is 3.12. The van der Waals surface area contributed by atoms with Crippen LogP contribution in [0, 0.1) is 13.8 Å². The van der Waals surface area contributed by atoms with Gasteiger partial charge < -0.3 is 19.9 Å². The van der Waals surface area contributed by atoms with E-state index in [1.54, 1.807) is 32.3 Å². The second-order valence-electron chi connectivity index (χ2n) is 4.65. The number of nitrogens with one attached hydrogen (secondary N) is 2. The topological polar surface area (TPSA) is 89.3 Å². The Balaban J connectivity index is 1.79. The standard InChI is InChI=1S/C14H18N4O3/c1-9(20-12-5-4-6-15-8-12)7-16-14(19)17-13-10(2)18-21-11(13)3/h4-6,8-9H,7H2,1-3H3,(H2,16,17,19)/t9-/m1/s1. The molecule has 1 atom stereocenters. The zero-order chi connectivity index (χ0) is 15.2. The molecule has 2 heterocycles. The molecule has 7 nitrogen and oxygen atoms in total. The smallest absolute Gasteiger partial charge is 0.319 e. The molecule has 0 saturated heterocycles. The van der Waals surface area contributed by atoms with E-state index < -0.39 is 0 Å². The third-order valence-corrected chi connectivity index (χ3v) is 2.79. The van der Waals surface area contributed by atoms with Crippen LogP contribution in [-0.2, 0) is 0 Å². The molecule has 2 amide bonds. The van der Waals surface area contributed by atoms with Crippen LogP contribution in [0.3, 0.4) is 0 Å². The summed E-state index contributed by atoms with van der Waals surface area (Å²) in [5.41, 5.74) is 1.23. The predicted molar refractivity (Wildman–Crippen MR) is 77.3 cm³/mol. The molecule has 0 aliphatic carbocycles. The Kier molecular flexibility index (Phi) is 4.76. The Morgan fingerprint density at radius 2 is 2.29 bits per heavy atom. The lowest BCUT2D eigenvalue weighted by Gasteiger charge is -2.15. The number of carbonyl (C=O) groups excluding carboxylic acids is 1. The Hall–Kier alpha value is -2.57. The number of hydrogen-bond acceptors (Lipinski definition) is 5. The number of anilines is 1. The van der Waals surface area contributed by atoms with Crippen LogP contribution in [0.15, 0.2) is 29.0 Å². The van der Waals surface area contributed by atoms with E-state index in [-0.39, 0.29) is 12.1 Å². The third kappa shape index (κ3) is 4.20. The van der Waals surface area contributed by atoms with Crippen LogP contribution in [0.4, 0.5) is 10.5 Å². The van der Waals surface area contributed by atoms with Crippen molar-refractivity contribution in [1.29, 1.82) is 0 Å². The molecule has 2 N–H and O–H groups in total. The second-order valence-corrected chi connectivity index (χ2v) is 4.65. The maximum Gasteiger partial charge on any atom is 0.319 e. The molecule has 0 fully saturated rings. The summed E-state index contributed by atoms with van der Waals surface area (Å²) in [7, 11) is 0. The zero-order valence-electron chi connectivity index (χ0n) is 12.2. The lowest BCUT2D eigenvalue weighted by Crippen LogP contribution is -2.36. The number of aryl methyl sites for hydroxylation is 2. The van der Waals surface area contributed by atoms with Crippen LogP contribution < -0.4 is 15.4 Å². The first-order chi connectivity index (χ1) is 10.1. The summed E-state index contributed by atoms with van der Waals surface area (Å²) in [4.78, 5) is 15.8. The molecule has 112 valence electrons. The van der Waals surface area contributed by atoms with Crippen LogP contribution >= 0.6 is 0 Å². The SMILES string of the molecule is Cc1noc(C)c1NC(=O)NC[C@@H](C)Oc1cccnc1. The van der Waals surface area contributed by atoms with Gasteiger partial charge in [0.25, 0.3) is 0 Å². The Morgan fingerprint density at radius 1 is 1.48 bits per heavy atom. The lowest BCUT2D eigenvalue weighted by molar-refractivity contribution is 0.211. The van der Waals surface area contributed by atoms with Gasteiger partial charge in [0.05, 0.1) is 12.7 Å². The molecular formula is C14H18N4O3. The molecule has 2 aromatic rings. The first kappa shape index (κ1) is 14.8. The van der Waals surface area contributed by atoms with Crippen molar-refractivity contribution in [3.05, 3.63) is 36.0 Å². The Labute approximate surface area is 122 Å². The maximum absolute atomic E-state index is 11.8. The second kappa shape index (κ2) is 6.74. The Bertz CT molecular complexity index is 578.